The molecule has 2 fully saturated rings. The predicted molar refractivity (Wildman–Crippen MR) is 120 cm³/mol. The zero-order chi connectivity index (χ0) is 20.2. The van der Waals surface area contributed by atoms with Crippen molar-refractivity contribution in [1.82, 2.24) is 19.9 Å². The zero-order valence-electron chi connectivity index (χ0n) is 16.7. The highest BCUT2D eigenvalue weighted by atomic mass is 35.5. The van der Waals surface area contributed by atoms with Gasteiger partial charge in [-0.2, -0.15) is 0 Å². The first-order valence-electron chi connectivity index (χ1n) is 10.8. The number of hydrogen-bond donors (Lipinski definition) is 2. The minimum absolute atomic E-state index is 0.256. The average Bonchev–Trinajstić information content (AvgIpc) is 3.42. The lowest BCUT2D eigenvalue weighted by molar-refractivity contribution is 0.664. The number of hydrogen-bond acceptors (Lipinski definition) is 4. The number of aromatic amines is 1. The third-order valence-electron chi connectivity index (χ3n) is 6.56. The average molecular weight is 418 g/mol. The molecule has 4 aromatic heterocycles. The van der Waals surface area contributed by atoms with Gasteiger partial charge in [0.05, 0.1) is 27.3 Å². The van der Waals surface area contributed by atoms with Crippen molar-refractivity contribution in [3.05, 3.63) is 64.3 Å². The molecule has 152 valence electrons. The summed E-state index contributed by atoms with van der Waals surface area (Å²) >= 11 is 6.87. The molecule has 2 aliphatic rings. The predicted octanol–water partition coefficient (Wildman–Crippen LogP) is 5.22. The van der Waals surface area contributed by atoms with Crippen molar-refractivity contribution in [2.24, 2.45) is 5.73 Å². The molecule has 0 saturated heterocycles. The van der Waals surface area contributed by atoms with E-state index in [9.17, 15) is 0 Å². The molecule has 0 aromatic carbocycles. The Bertz CT molecular complexity index is 1260. The Morgan fingerprint density at radius 2 is 1.93 bits per heavy atom. The zero-order valence-corrected chi connectivity index (χ0v) is 17.5. The lowest BCUT2D eigenvalue weighted by Gasteiger charge is -2.13. The summed E-state index contributed by atoms with van der Waals surface area (Å²) in [5.74, 6) is 0.946. The molecule has 0 spiro atoms. The first kappa shape index (κ1) is 18.3. The number of halogens is 1. The molecule has 6 heteroatoms. The maximum absolute atomic E-state index is 6.87. The highest BCUT2D eigenvalue weighted by molar-refractivity contribution is 6.36. The van der Waals surface area contributed by atoms with Gasteiger partial charge in [0, 0.05) is 53.5 Å². The highest BCUT2D eigenvalue weighted by Gasteiger charge is 2.32. The maximum atomic E-state index is 6.87. The molecule has 3 N–H and O–H groups in total. The van der Waals surface area contributed by atoms with Crippen molar-refractivity contribution in [1.29, 1.82) is 0 Å². The first-order valence-corrected chi connectivity index (χ1v) is 11.2. The van der Waals surface area contributed by atoms with Crippen molar-refractivity contribution < 1.29 is 0 Å². The van der Waals surface area contributed by atoms with Crippen LogP contribution in [0, 0.1) is 0 Å². The van der Waals surface area contributed by atoms with E-state index in [-0.39, 0.29) is 6.04 Å². The molecule has 0 aliphatic heterocycles. The number of fused-ring (bicyclic) bond motifs is 2. The Hall–Kier alpha value is -2.50. The molecule has 6 rings (SSSR count). The van der Waals surface area contributed by atoms with Crippen LogP contribution in [0.4, 0.5) is 0 Å². The van der Waals surface area contributed by atoms with Crippen LogP contribution in [0.3, 0.4) is 0 Å². The van der Waals surface area contributed by atoms with Gasteiger partial charge in [-0.05, 0) is 61.9 Å². The number of aromatic nitrogens is 4. The molecule has 30 heavy (non-hydrogen) atoms. The molecule has 4 heterocycles. The smallest absolute Gasteiger partial charge is 0.0889 e. The minimum atomic E-state index is 0.256. The molecule has 2 atom stereocenters. The second-order valence-electron chi connectivity index (χ2n) is 8.88. The van der Waals surface area contributed by atoms with Gasteiger partial charge in [-0.15, -0.1) is 0 Å². The maximum Gasteiger partial charge on any atom is 0.0889 e. The van der Waals surface area contributed by atoms with E-state index in [1.807, 2.05) is 18.3 Å². The third kappa shape index (κ3) is 3.17. The van der Waals surface area contributed by atoms with Gasteiger partial charge < -0.3 is 10.7 Å². The summed E-state index contributed by atoms with van der Waals surface area (Å²) in [7, 11) is 0. The van der Waals surface area contributed by atoms with Gasteiger partial charge in [0.25, 0.3) is 0 Å². The van der Waals surface area contributed by atoms with Crippen LogP contribution in [-0.4, -0.2) is 26.0 Å². The van der Waals surface area contributed by atoms with Crippen LogP contribution in [0.1, 0.15) is 66.6 Å². The second kappa shape index (κ2) is 7.03. The summed E-state index contributed by atoms with van der Waals surface area (Å²) in [5, 5.41) is 1.98. The van der Waals surface area contributed by atoms with Crippen LogP contribution >= 0.6 is 11.6 Å². The van der Waals surface area contributed by atoms with Crippen LogP contribution in [0.2, 0.25) is 5.02 Å². The first-order chi connectivity index (χ1) is 14.7. The lowest BCUT2D eigenvalue weighted by Crippen LogP contribution is -2.14. The van der Waals surface area contributed by atoms with E-state index in [1.165, 1.54) is 18.5 Å². The van der Waals surface area contributed by atoms with Gasteiger partial charge in [-0.25, -0.2) is 0 Å². The molecule has 1 unspecified atom stereocenters. The van der Waals surface area contributed by atoms with E-state index in [2.05, 4.69) is 27.1 Å². The van der Waals surface area contributed by atoms with Gasteiger partial charge >= 0.3 is 0 Å². The fraction of sp³-hybridized carbons (Fsp3) is 0.375. The topological polar surface area (TPSA) is 80.5 Å². The highest BCUT2D eigenvalue weighted by Crippen LogP contribution is 2.47. The van der Waals surface area contributed by atoms with E-state index in [0.29, 0.717) is 11.8 Å². The molecule has 2 saturated carbocycles. The van der Waals surface area contributed by atoms with Crippen LogP contribution in [-0.2, 0) is 6.42 Å². The van der Waals surface area contributed by atoms with E-state index in [4.69, 9.17) is 22.3 Å². The minimum Gasteiger partial charge on any atom is -0.357 e. The summed E-state index contributed by atoms with van der Waals surface area (Å²) in [6.07, 6.45) is 9.99. The van der Waals surface area contributed by atoms with Gasteiger partial charge in [-0.1, -0.05) is 11.6 Å². The van der Waals surface area contributed by atoms with Gasteiger partial charge in [0.2, 0.25) is 0 Å². The molecule has 4 aromatic rings. The van der Waals surface area contributed by atoms with Crippen LogP contribution in [0.15, 0.2) is 36.7 Å². The van der Waals surface area contributed by atoms with Crippen LogP contribution < -0.4 is 5.73 Å². The van der Waals surface area contributed by atoms with E-state index in [1.54, 1.807) is 6.20 Å². The molecule has 5 nitrogen and oxygen atoms in total. The van der Waals surface area contributed by atoms with Crippen molar-refractivity contribution >= 4 is 33.5 Å². The quantitative estimate of drug-likeness (QED) is 0.476. The number of nitrogens with zero attached hydrogens (tertiary/aromatic N) is 3. The summed E-state index contributed by atoms with van der Waals surface area (Å²) in [6.45, 7) is 0. The normalized spacial score (nSPS) is 21.7. The lowest BCUT2D eigenvalue weighted by atomic mass is 9.98. The molecule has 0 radical (unpaired) electrons. The Kier molecular flexibility index (Phi) is 4.29. The number of nitrogens with one attached hydrogen (secondary N) is 1. The third-order valence-corrected chi connectivity index (χ3v) is 6.96. The molecule has 2 aliphatic carbocycles. The number of pyridine rings is 3. The summed E-state index contributed by atoms with van der Waals surface area (Å²) in [5.41, 5.74) is 13.6. The molecule has 0 amide bonds. The monoisotopic (exact) mass is 417 g/mol. The second-order valence-corrected chi connectivity index (χ2v) is 9.26. The van der Waals surface area contributed by atoms with E-state index in [0.717, 1.165) is 69.6 Å². The molecular weight excluding hydrogens is 394 g/mol. The van der Waals surface area contributed by atoms with Crippen molar-refractivity contribution in [3.63, 3.8) is 0 Å². The number of H-pyrrole nitrogens is 1. The molecule has 0 bridgehead atoms. The summed E-state index contributed by atoms with van der Waals surface area (Å²) in [4.78, 5) is 17.8. The fourth-order valence-electron chi connectivity index (χ4n) is 4.89. The Morgan fingerprint density at radius 3 is 2.73 bits per heavy atom. The SMILES string of the molecule is N[C@@H]1CCC(c2nc(Cc3cnc4cccnc4c3)cc3[nH]c(C4CC4)c(Cl)c23)C1. The van der Waals surface area contributed by atoms with Crippen molar-refractivity contribution in [2.75, 3.05) is 0 Å². The number of nitrogens with two attached hydrogens (primary N) is 1. The van der Waals surface area contributed by atoms with Crippen LogP contribution in [0.5, 0.6) is 0 Å². The Balaban J connectivity index is 1.45. The van der Waals surface area contributed by atoms with Crippen molar-refractivity contribution in [3.8, 4) is 0 Å². The van der Waals surface area contributed by atoms with Gasteiger partial charge in [-0.3, -0.25) is 15.0 Å². The molecular formula is C24H24ClN5. The van der Waals surface area contributed by atoms with Crippen molar-refractivity contribution in [2.45, 2.75) is 56.4 Å². The summed E-state index contributed by atoms with van der Waals surface area (Å²) in [6, 6.07) is 8.42. The van der Waals surface area contributed by atoms with Crippen LogP contribution in [0.25, 0.3) is 21.9 Å². The van der Waals surface area contributed by atoms with E-state index < -0.39 is 0 Å². The number of rotatable bonds is 4. The summed E-state index contributed by atoms with van der Waals surface area (Å²) < 4.78 is 0. The Morgan fingerprint density at radius 1 is 1.07 bits per heavy atom. The van der Waals surface area contributed by atoms with Gasteiger partial charge in [0.1, 0.15) is 0 Å². The Labute approximate surface area is 180 Å². The van der Waals surface area contributed by atoms with E-state index >= 15 is 0 Å². The van der Waals surface area contributed by atoms with Gasteiger partial charge in [0.15, 0.2) is 0 Å². The fourth-order valence-corrected chi connectivity index (χ4v) is 5.29. The largest absolute Gasteiger partial charge is 0.357 e. The standard InChI is InChI=1S/C24H24ClN5/c25-22-21-20(30-24(22)14-3-4-14)11-17(29-23(21)15-5-6-16(26)10-15)8-13-9-19-18(28-12-13)2-1-7-27-19/h1-2,7,9,11-12,14-16,30H,3-6,8,10,26H2/t15?,16-/m1/s1.